The van der Waals surface area contributed by atoms with Crippen LogP contribution in [0.2, 0.25) is 0 Å². The summed E-state index contributed by atoms with van der Waals surface area (Å²) in [5, 5.41) is 0. The van der Waals surface area contributed by atoms with Crippen LogP contribution in [0, 0.1) is 12.3 Å². The van der Waals surface area contributed by atoms with Gasteiger partial charge in [-0.1, -0.05) is 25.3 Å². The van der Waals surface area contributed by atoms with Crippen molar-refractivity contribution in [3.63, 3.8) is 0 Å². The Hall–Kier alpha value is -2.41. The molecule has 0 saturated carbocycles. The first-order chi connectivity index (χ1) is 10.8. The summed E-state index contributed by atoms with van der Waals surface area (Å²) < 4.78 is 5.50. The summed E-state index contributed by atoms with van der Waals surface area (Å²) >= 11 is 0. The van der Waals surface area contributed by atoms with Crippen molar-refractivity contribution in [3.05, 3.63) is 36.5 Å². The van der Waals surface area contributed by atoms with Crippen molar-refractivity contribution in [2.75, 3.05) is 0 Å². The molecule has 0 saturated heterocycles. The van der Waals surface area contributed by atoms with E-state index in [1.54, 1.807) is 12.4 Å². The fourth-order valence-corrected chi connectivity index (χ4v) is 2.18. The van der Waals surface area contributed by atoms with Crippen LogP contribution < -0.4 is 0 Å². The van der Waals surface area contributed by atoms with E-state index >= 15 is 0 Å². The van der Waals surface area contributed by atoms with Crippen LogP contribution in [0.15, 0.2) is 35.0 Å². The standard InChI is InChI=1S/C18H20N2O2/c1-2-3-4-5-6-7-8-12-16(21)18-20-14-17(22-18)15-11-9-10-13-19-15/h1,9-11,13-14H,3-8,12H2. The number of carbonyl (C=O) groups excluding carboxylic acids is 1. The molecule has 0 amide bonds. The first-order valence-corrected chi connectivity index (χ1v) is 7.65. The summed E-state index contributed by atoms with van der Waals surface area (Å²) in [5.41, 5.74) is 0.683. The number of hydrogen-bond donors (Lipinski definition) is 0. The van der Waals surface area contributed by atoms with Gasteiger partial charge in [0, 0.05) is 19.0 Å². The van der Waals surface area contributed by atoms with Crippen molar-refractivity contribution in [1.29, 1.82) is 0 Å². The van der Waals surface area contributed by atoms with Crippen LogP contribution in [0.4, 0.5) is 0 Å². The lowest BCUT2D eigenvalue weighted by molar-refractivity contribution is 0.0946. The number of hydrogen-bond acceptors (Lipinski definition) is 4. The molecule has 2 heterocycles. The summed E-state index contributed by atoms with van der Waals surface area (Å²) in [6, 6.07) is 5.52. The zero-order valence-corrected chi connectivity index (χ0v) is 12.6. The van der Waals surface area contributed by atoms with E-state index in [1.165, 1.54) is 0 Å². The fraction of sp³-hybridized carbons (Fsp3) is 0.389. The van der Waals surface area contributed by atoms with Crippen molar-refractivity contribution in [2.24, 2.45) is 0 Å². The van der Waals surface area contributed by atoms with Crippen molar-refractivity contribution in [3.8, 4) is 23.8 Å². The highest BCUT2D eigenvalue weighted by atomic mass is 16.4. The molecule has 0 aliphatic carbocycles. The number of Topliss-reactive ketones (excluding diaryl/α,β-unsaturated/α-hetero) is 1. The van der Waals surface area contributed by atoms with Crippen molar-refractivity contribution in [2.45, 2.75) is 44.9 Å². The summed E-state index contributed by atoms with van der Waals surface area (Å²) in [5.74, 6) is 3.28. The predicted molar refractivity (Wildman–Crippen MR) is 85.2 cm³/mol. The summed E-state index contributed by atoms with van der Waals surface area (Å²) in [7, 11) is 0. The minimum Gasteiger partial charge on any atom is -0.432 e. The molecule has 0 atom stereocenters. The molecule has 0 fully saturated rings. The molecule has 0 radical (unpaired) electrons. The first-order valence-electron chi connectivity index (χ1n) is 7.65. The average molecular weight is 296 g/mol. The van der Waals surface area contributed by atoms with Gasteiger partial charge in [-0.2, -0.15) is 0 Å². The van der Waals surface area contributed by atoms with E-state index in [1.807, 2.05) is 18.2 Å². The number of terminal acetylenes is 1. The molecule has 114 valence electrons. The highest BCUT2D eigenvalue weighted by Gasteiger charge is 2.14. The third-order valence-electron chi connectivity index (χ3n) is 3.39. The third kappa shape index (κ3) is 4.85. The van der Waals surface area contributed by atoms with Gasteiger partial charge in [0.05, 0.1) is 6.20 Å². The Morgan fingerprint density at radius 3 is 2.73 bits per heavy atom. The van der Waals surface area contributed by atoms with Crippen molar-refractivity contribution < 1.29 is 9.21 Å². The zero-order chi connectivity index (χ0) is 15.6. The smallest absolute Gasteiger partial charge is 0.263 e. The second-order valence-electron chi connectivity index (χ2n) is 5.14. The van der Waals surface area contributed by atoms with E-state index in [9.17, 15) is 4.79 Å². The molecular formula is C18H20N2O2. The van der Waals surface area contributed by atoms with E-state index in [4.69, 9.17) is 10.8 Å². The molecule has 2 rings (SSSR count). The van der Waals surface area contributed by atoms with Crippen molar-refractivity contribution in [1.82, 2.24) is 9.97 Å². The van der Waals surface area contributed by atoms with E-state index in [-0.39, 0.29) is 11.7 Å². The molecule has 2 aromatic rings. The normalized spacial score (nSPS) is 10.3. The molecule has 22 heavy (non-hydrogen) atoms. The quantitative estimate of drug-likeness (QED) is 0.393. The van der Waals surface area contributed by atoms with Gasteiger partial charge in [-0.15, -0.1) is 12.3 Å². The summed E-state index contributed by atoms with van der Waals surface area (Å²) in [6.45, 7) is 0. The van der Waals surface area contributed by atoms with E-state index < -0.39 is 0 Å². The van der Waals surface area contributed by atoms with E-state index in [2.05, 4.69) is 15.9 Å². The summed E-state index contributed by atoms with van der Waals surface area (Å²) in [6.07, 6.45) is 14.9. The Morgan fingerprint density at radius 1 is 1.14 bits per heavy atom. The van der Waals surface area contributed by atoms with Gasteiger partial charge in [0.25, 0.3) is 5.89 Å². The molecule has 0 unspecified atom stereocenters. The van der Waals surface area contributed by atoms with Gasteiger partial charge in [0.1, 0.15) is 5.69 Å². The average Bonchev–Trinajstić information content (AvgIpc) is 3.05. The monoisotopic (exact) mass is 296 g/mol. The Morgan fingerprint density at radius 2 is 1.95 bits per heavy atom. The second-order valence-corrected chi connectivity index (χ2v) is 5.14. The molecule has 0 aromatic carbocycles. The SMILES string of the molecule is C#CCCCCCCCC(=O)c1ncc(-c2ccccn2)o1. The first kappa shape index (κ1) is 16.0. The number of nitrogens with zero attached hydrogens (tertiary/aromatic N) is 2. The maximum absolute atomic E-state index is 12.0. The minimum atomic E-state index is -0.0502. The summed E-state index contributed by atoms with van der Waals surface area (Å²) in [4.78, 5) is 20.2. The van der Waals surface area contributed by atoms with Crippen LogP contribution in [-0.2, 0) is 0 Å². The number of rotatable bonds is 9. The van der Waals surface area contributed by atoms with Gasteiger partial charge in [-0.25, -0.2) is 4.98 Å². The lowest BCUT2D eigenvalue weighted by Gasteiger charge is -1.99. The van der Waals surface area contributed by atoms with Crippen LogP contribution in [-0.4, -0.2) is 15.8 Å². The number of carbonyl (C=O) groups is 1. The highest BCUT2D eigenvalue weighted by Crippen LogP contribution is 2.18. The molecular weight excluding hydrogens is 276 g/mol. The van der Waals surface area contributed by atoms with Gasteiger partial charge in [-0.3, -0.25) is 9.78 Å². The number of pyridine rings is 1. The topological polar surface area (TPSA) is 56.0 Å². The van der Waals surface area contributed by atoms with Gasteiger partial charge in [0.15, 0.2) is 5.76 Å². The number of aromatic nitrogens is 2. The molecule has 2 aromatic heterocycles. The molecule has 0 N–H and O–H groups in total. The lowest BCUT2D eigenvalue weighted by Crippen LogP contribution is -1.98. The van der Waals surface area contributed by atoms with Crippen LogP contribution in [0.1, 0.15) is 55.6 Å². The highest BCUT2D eigenvalue weighted by molar-refractivity contribution is 5.91. The van der Waals surface area contributed by atoms with E-state index in [0.717, 1.165) is 38.5 Å². The lowest BCUT2D eigenvalue weighted by atomic mass is 10.1. The molecule has 0 aliphatic rings. The molecule has 0 spiro atoms. The number of unbranched alkanes of at least 4 members (excludes halogenated alkanes) is 5. The van der Waals surface area contributed by atoms with Crippen LogP contribution in [0.3, 0.4) is 0 Å². The maximum atomic E-state index is 12.0. The van der Waals surface area contributed by atoms with Crippen LogP contribution >= 0.6 is 0 Å². The Bertz CT molecular complexity index is 626. The number of ketones is 1. The van der Waals surface area contributed by atoms with Crippen molar-refractivity contribution >= 4 is 5.78 Å². The van der Waals surface area contributed by atoms with Gasteiger partial charge in [0.2, 0.25) is 5.78 Å². The Kier molecular flexibility index (Phi) is 6.38. The Balaban J connectivity index is 1.75. The fourth-order valence-electron chi connectivity index (χ4n) is 2.18. The van der Waals surface area contributed by atoms with Gasteiger partial charge >= 0.3 is 0 Å². The number of oxazole rings is 1. The van der Waals surface area contributed by atoms with Gasteiger partial charge in [-0.05, 0) is 25.0 Å². The molecule has 4 nitrogen and oxygen atoms in total. The Labute approximate surface area is 131 Å². The largest absolute Gasteiger partial charge is 0.432 e. The molecule has 0 aliphatic heterocycles. The zero-order valence-electron chi connectivity index (χ0n) is 12.6. The molecule has 4 heteroatoms. The second kappa shape index (κ2) is 8.78. The minimum absolute atomic E-state index is 0.0502. The molecule has 0 bridgehead atoms. The van der Waals surface area contributed by atoms with E-state index in [0.29, 0.717) is 17.9 Å². The van der Waals surface area contributed by atoms with Crippen LogP contribution in [0.25, 0.3) is 11.5 Å². The van der Waals surface area contributed by atoms with Crippen LogP contribution in [0.5, 0.6) is 0 Å². The maximum Gasteiger partial charge on any atom is 0.263 e. The van der Waals surface area contributed by atoms with Gasteiger partial charge < -0.3 is 4.42 Å². The third-order valence-corrected chi connectivity index (χ3v) is 3.39. The predicted octanol–water partition coefficient (Wildman–Crippen LogP) is 4.28.